The van der Waals surface area contributed by atoms with Crippen LogP contribution >= 0.6 is 0 Å². The molecule has 1 saturated heterocycles. The van der Waals surface area contributed by atoms with Gasteiger partial charge in [-0.15, -0.1) is 0 Å². The summed E-state index contributed by atoms with van der Waals surface area (Å²) in [6.07, 6.45) is 2.32. The first-order chi connectivity index (χ1) is 8.74. The van der Waals surface area contributed by atoms with Gasteiger partial charge in [-0.1, -0.05) is 30.3 Å². The highest BCUT2D eigenvalue weighted by molar-refractivity contribution is 5.64. The fourth-order valence-corrected chi connectivity index (χ4v) is 2.41. The van der Waals surface area contributed by atoms with Gasteiger partial charge in [0.15, 0.2) is 0 Å². The van der Waals surface area contributed by atoms with Gasteiger partial charge in [-0.3, -0.25) is 4.90 Å². The molecule has 0 saturated carbocycles. The van der Waals surface area contributed by atoms with Crippen LogP contribution < -0.4 is 5.73 Å². The lowest BCUT2D eigenvalue weighted by molar-refractivity contribution is 0.0479. The number of ether oxygens (including phenoxy) is 1. The molecule has 0 radical (unpaired) electrons. The molecule has 1 aliphatic heterocycles. The molecule has 1 unspecified atom stereocenters. The van der Waals surface area contributed by atoms with Crippen molar-refractivity contribution in [1.82, 2.24) is 4.90 Å². The van der Waals surface area contributed by atoms with Gasteiger partial charge in [0, 0.05) is 13.1 Å². The van der Waals surface area contributed by atoms with Crippen LogP contribution in [0, 0.1) is 0 Å². The lowest BCUT2D eigenvalue weighted by Crippen LogP contribution is -2.42. The molecule has 1 fully saturated rings. The monoisotopic (exact) mass is 248 g/mol. The van der Waals surface area contributed by atoms with Gasteiger partial charge in [0.25, 0.3) is 0 Å². The van der Waals surface area contributed by atoms with Gasteiger partial charge in [0.1, 0.15) is 6.10 Å². The van der Waals surface area contributed by atoms with Crippen LogP contribution in [0.4, 0.5) is 4.79 Å². The molecular weight excluding hydrogens is 228 g/mol. The quantitative estimate of drug-likeness (QED) is 0.883. The van der Waals surface area contributed by atoms with Gasteiger partial charge in [0.2, 0.25) is 0 Å². The second-order valence-corrected chi connectivity index (χ2v) is 4.74. The van der Waals surface area contributed by atoms with Gasteiger partial charge < -0.3 is 10.5 Å². The number of rotatable bonds is 4. The van der Waals surface area contributed by atoms with Crippen molar-refractivity contribution in [3.05, 3.63) is 35.9 Å². The fourth-order valence-electron chi connectivity index (χ4n) is 2.41. The molecular formula is C14H20N2O2. The van der Waals surface area contributed by atoms with Gasteiger partial charge in [-0.2, -0.15) is 0 Å². The summed E-state index contributed by atoms with van der Waals surface area (Å²) in [5.74, 6) is 0. The number of carbonyl (C=O) groups is 1. The highest BCUT2D eigenvalue weighted by Crippen LogP contribution is 2.13. The third-order valence-corrected chi connectivity index (χ3v) is 3.30. The molecule has 0 spiro atoms. The fraction of sp³-hybridized carbons (Fsp3) is 0.500. The van der Waals surface area contributed by atoms with Crippen LogP contribution in [0.5, 0.6) is 0 Å². The Balaban J connectivity index is 1.77. The lowest BCUT2D eigenvalue weighted by atomic mass is 10.1. The van der Waals surface area contributed by atoms with Gasteiger partial charge in [0.05, 0.1) is 0 Å². The van der Waals surface area contributed by atoms with Crippen LogP contribution in [-0.2, 0) is 11.2 Å². The van der Waals surface area contributed by atoms with Gasteiger partial charge >= 0.3 is 6.09 Å². The van der Waals surface area contributed by atoms with E-state index in [4.69, 9.17) is 10.5 Å². The predicted octanol–water partition coefficient (Wildman–Crippen LogP) is 1.79. The number of hydrogen-bond donors (Lipinski definition) is 1. The molecule has 1 atom stereocenters. The molecule has 4 nitrogen and oxygen atoms in total. The van der Waals surface area contributed by atoms with Crippen molar-refractivity contribution in [2.45, 2.75) is 25.4 Å². The number of likely N-dealkylation sites (tertiary alicyclic amines) is 1. The van der Waals surface area contributed by atoms with Crippen LogP contribution in [0.3, 0.4) is 0 Å². The Labute approximate surface area is 108 Å². The van der Waals surface area contributed by atoms with Crippen molar-refractivity contribution in [2.24, 2.45) is 5.73 Å². The SMILES string of the molecule is NC(=O)OC1CCCN(CCc2ccccc2)C1. The zero-order valence-corrected chi connectivity index (χ0v) is 10.5. The summed E-state index contributed by atoms with van der Waals surface area (Å²) in [7, 11) is 0. The Kier molecular flexibility index (Phi) is 4.59. The molecule has 0 aliphatic carbocycles. The van der Waals surface area contributed by atoms with Crippen LogP contribution in [0.15, 0.2) is 30.3 Å². The smallest absolute Gasteiger partial charge is 0.404 e. The standard InChI is InChI=1S/C14H20N2O2/c15-14(17)18-13-7-4-9-16(11-13)10-8-12-5-2-1-3-6-12/h1-3,5-6,13H,4,7-11H2,(H2,15,17). The Morgan fingerprint density at radius 2 is 2.17 bits per heavy atom. The van der Waals surface area contributed by atoms with Crippen LogP contribution in [-0.4, -0.2) is 36.7 Å². The minimum Gasteiger partial charge on any atom is -0.445 e. The van der Waals surface area contributed by atoms with E-state index in [9.17, 15) is 4.79 Å². The normalized spacial score (nSPS) is 20.6. The summed E-state index contributed by atoms with van der Waals surface area (Å²) in [4.78, 5) is 13.1. The number of carbonyl (C=O) groups excluding carboxylic acids is 1. The summed E-state index contributed by atoms with van der Waals surface area (Å²) in [6.45, 7) is 2.88. The van der Waals surface area contributed by atoms with Crippen LogP contribution in [0.25, 0.3) is 0 Å². The predicted molar refractivity (Wildman–Crippen MR) is 70.3 cm³/mol. The molecule has 1 heterocycles. The van der Waals surface area contributed by atoms with Crippen molar-refractivity contribution in [1.29, 1.82) is 0 Å². The Bertz CT molecular complexity index is 381. The van der Waals surface area contributed by atoms with E-state index in [1.807, 2.05) is 6.07 Å². The Morgan fingerprint density at radius 1 is 1.39 bits per heavy atom. The average Bonchev–Trinajstić information content (AvgIpc) is 2.37. The summed E-state index contributed by atoms with van der Waals surface area (Å²) >= 11 is 0. The molecule has 0 bridgehead atoms. The maximum Gasteiger partial charge on any atom is 0.404 e. The molecule has 2 N–H and O–H groups in total. The largest absolute Gasteiger partial charge is 0.445 e. The highest BCUT2D eigenvalue weighted by Gasteiger charge is 2.21. The van der Waals surface area contributed by atoms with E-state index in [2.05, 4.69) is 29.2 Å². The minimum absolute atomic E-state index is 0.0352. The van der Waals surface area contributed by atoms with E-state index in [-0.39, 0.29) is 6.10 Å². The number of benzene rings is 1. The molecule has 4 heteroatoms. The number of nitrogens with zero attached hydrogens (tertiary/aromatic N) is 1. The van der Waals surface area contributed by atoms with E-state index >= 15 is 0 Å². The van der Waals surface area contributed by atoms with Crippen molar-refractivity contribution in [3.8, 4) is 0 Å². The van der Waals surface area contributed by atoms with E-state index in [1.54, 1.807) is 0 Å². The first kappa shape index (κ1) is 12.9. The number of primary amides is 1. The van der Waals surface area contributed by atoms with Crippen LogP contribution in [0.2, 0.25) is 0 Å². The summed E-state index contributed by atoms with van der Waals surface area (Å²) < 4.78 is 5.07. The average molecular weight is 248 g/mol. The number of hydrogen-bond acceptors (Lipinski definition) is 3. The first-order valence-electron chi connectivity index (χ1n) is 6.46. The summed E-state index contributed by atoms with van der Waals surface area (Å²) in [5.41, 5.74) is 6.40. The summed E-state index contributed by atoms with van der Waals surface area (Å²) in [5, 5.41) is 0. The lowest BCUT2D eigenvalue weighted by Gasteiger charge is -2.31. The van der Waals surface area contributed by atoms with Crippen molar-refractivity contribution in [3.63, 3.8) is 0 Å². The zero-order valence-electron chi connectivity index (χ0n) is 10.5. The third kappa shape index (κ3) is 4.04. The number of amides is 1. The zero-order chi connectivity index (χ0) is 12.8. The Morgan fingerprint density at radius 3 is 2.89 bits per heavy atom. The molecule has 1 aliphatic rings. The Hall–Kier alpha value is -1.55. The van der Waals surface area contributed by atoms with Crippen LogP contribution in [0.1, 0.15) is 18.4 Å². The minimum atomic E-state index is -0.662. The van der Waals surface area contributed by atoms with Gasteiger partial charge in [-0.05, 0) is 31.4 Å². The van der Waals surface area contributed by atoms with E-state index in [1.165, 1.54) is 5.56 Å². The number of nitrogens with two attached hydrogens (primary N) is 1. The molecule has 18 heavy (non-hydrogen) atoms. The second-order valence-electron chi connectivity index (χ2n) is 4.74. The third-order valence-electron chi connectivity index (χ3n) is 3.30. The van der Waals surface area contributed by atoms with Crippen molar-refractivity contribution >= 4 is 6.09 Å². The van der Waals surface area contributed by atoms with E-state index in [0.717, 1.165) is 38.9 Å². The van der Waals surface area contributed by atoms with Crippen molar-refractivity contribution < 1.29 is 9.53 Å². The molecule has 2 rings (SSSR count). The number of piperidine rings is 1. The second kappa shape index (κ2) is 6.40. The first-order valence-corrected chi connectivity index (χ1v) is 6.46. The molecule has 98 valence electrons. The van der Waals surface area contributed by atoms with Crippen molar-refractivity contribution in [2.75, 3.05) is 19.6 Å². The molecule has 1 aromatic rings. The maximum absolute atomic E-state index is 10.7. The molecule has 1 amide bonds. The summed E-state index contributed by atoms with van der Waals surface area (Å²) in [6, 6.07) is 10.4. The maximum atomic E-state index is 10.7. The van der Waals surface area contributed by atoms with Gasteiger partial charge in [-0.25, -0.2) is 4.79 Å². The topological polar surface area (TPSA) is 55.6 Å². The molecule has 1 aromatic carbocycles. The highest BCUT2D eigenvalue weighted by atomic mass is 16.6. The molecule has 0 aromatic heterocycles. The van der Waals surface area contributed by atoms with E-state index in [0.29, 0.717) is 0 Å². The van der Waals surface area contributed by atoms with E-state index < -0.39 is 6.09 Å².